The maximum absolute atomic E-state index is 12.2. The van der Waals surface area contributed by atoms with Gasteiger partial charge in [-0.15, -0.1) is 0 Å². The second-order valence-electron chi connectivity index (χ2n) is 6.55. The number of hydrogen-bond donors (Lipinski definition) is 1. The topological polar surface area (TPSA) is 75.7 Å². The molecule has 0 spiro atoms. The molecule has 1 N–H and O–H groups in total. The van der Waals surface area contributed by atoms with Gasteiger partial charge in [-0.1, -0.05) is 30.5 Å². The fourth-order valence-electron chi connectivity index (χ4n) is 3.48. The summed E-state index contributed by atoms with van der Waals surface area (Å²) in [5.74, 6) is -1.40. The van der Waals surface area contributed by atoms with Crippen molar-refractivity contribution in [2.24, 2.45) is 5.92 Å². The van der Waals surface area contributed by atoms with Gasteiger partial charge in [0.2, 0.25) is 5.91 Å². The first-order valence-electron chi connectivity index (χ1n) is 8.54. The van der Waals surface area contributed by atoms with Crippen LogP contribution in [-0.2, 0) is 19.1 Å². The van der Waals surface area contributed by atoms with Crippen LogP contribution in [0.4, 0.5) is 5.69 Å². The van der Waals surface area contributed by atoms with Crippen molar-refractivity contribution < 1.29 is 19.1 Å². The smallest absolute Gasteiger partial charge is 0.311 e. The number of rotatable bonds is 5. The molecule has 2 fully saturated rings. The molecule has 0 unspecified atom stereocenters. The highest BCUT2D eigenvalue weighted by molar-refractivity contribution is 6.30. The minimum atomic E-state index is -0.491. The first-order valence-corrected chi connectivity index (χ1v) is 8.92. The highest BCUT2D eigenvalue weighted by atomic mass is 35.5. The fraction of sp³-hybridized carbons (Fsp3) is 0.500. The molecule has 1 heterocycles. The molecule has 2 aliphatic rings. The highest BCUT2D eigenvalue weighted by Crippen LogP contribution is 2.29. The number of nitrogens with zero attached hydrogens (tertiary/aromatic N) is 1. The van der Waals surface area contributed by atoms with E-state index >= 15 is 0 Å². The monoisotopic (exact) mass is 364 g/mol. The molecule has 7 heteroatoms. The predicted octanol–water partition coefficient (Wildman–Crippen LogP) is 2.61. The molecule has 1 aliphatic heterocycles. The average Bonchev–Trinajstić information content (AvgIpc) is 3.22. The van der Waals surface area contributed by atoms with Crippen molar-refractivity contribution in [2.75, 3.05) is 18.5 Å². The highest BCUT2D eigenvalue weighted by Gasteiger charge is 2.39. The van der Waals surface area contributed by atoms with Gasteiger partial charge in [0.1, 0.15) is 0 Å². The third kappa shape index (κ3) is 4.51. The lowest BCUT2D eigenvalue weighted by Crippen LogP contribution is -2.35. The van der Waals surface area contributed by atoms with Crippen LogP contribution in [0.1, 0.15) is 32.1 Å². The van der Waals surface area contributed by atoms with Crippen LogP contribution >= 0.6 is 11.6 Å². The van der Waals surface area contributed by atoms with Crippen LogP contribution in [0.3, 0.4) is 0 Å². The molecule has 0 aromatic heterocycles. The maximum Gasteiger partial charge on any atom is 0.311 e. The van der Waals surface area contributed by atoms with Crippen LogP contribution in [0.2, 0.25) is 5.02 Å². The van der Waals surface area contributed by atoms with Crippen molar-refractivity contribution in [1.29, 1.82) is 0 Å². The molecule has 1 atom stereocenters. The summed E-state index contributed by atoms with van der Waals surface area (Å²) in [5.41, 5.74) is 0.539. The normalized spacial score (nSPS) is 20.8. The molecule has 1 aromatic rings. The first kappa shape index (κ1) is 17.7. The van der Waals surface area contributed by atoms with Crippen molar-refractivity contribution in [1.82, 2.24) is 4.90 Å². The van der Waals surface area contributed by atoms with Crippen molar-refractivity contribution in [3.05, 3.63) is 29.3 Å². The molecule has 0 radical (unpaired) electrons. The van der Waals surface area contributed by atoms with Crippen molar-refractivity contribution in [3.63, 3.8) is 0 Å². The lowest BCUT2D eigenvalue weighted by atomic mass is 10.1. The summed E-state index contributed by atoms with van der Waals surface area (Å²) in [6.07, 6.45) is 4.46. The fourth-order valence-corrected chi connectivity index (χ4v) is 3.67. The molecule has 1 saturated carbocycles. The van der Waals surface area contributed by atoms with Crippen LogP contribution in [0.25, 0.3) is 0 Å². The van der Waals surface area contributed by atoms with Crippen molar-refractivity contribution >= 4 is 35.1 Å². The molecule has 1 saturated heterocycles. The minimum Gasteiger partial charge on any atom is -0.455 e. The molecule has 3 rings (SSSR count). The van der Waals surface area contributed by atoms with Crippen LogP contribution in [0.15, 0.2) is 24.3 Å². The van der Waals surface area contributed by atoms with Crippen LogP contribution in [0, 0.1) is 5.92 Å². The standard InChI is InChI=1S/C18H21ClN2O4/c19-13-4-3-5-14(9-13)20-16(22)11-25-18(24)12-8-17(23)21(10-12)15-6-1-2-7-15/h3-5,9,12,15H,1-2,6-8,10-11H2,(H,20,22)/t12-/m1/s1. The SMILES string of the molecule is O=C(COC(=O)[C@@H]1CC(=O)N(C2CCCC2)C1)Nc1cccc(Cl)c1. The Morgan fingerprint density at radius 3 is 2.76 bits per heavy atom. The second-order valence-corrected chi connectivity index (χ2v) is 6.99. The summed E-state index contributed by atoms with van der Waals surface area (Å²) < 4.78 is 5.09. The molecule has 6 nitrogen and oxygen atoms in total. The van der Waals surface area contributed by atoms with E-state index in [1.54, 1.807) is 24.3 Å². The summed E-state index contributed by atoms with van der Waals surface area (Å²) in [6.45, 7) is 0.0255. The lowest BCUT2D eigenvalue weighted by molar-refractivity contribution is -0.151. The van der Waals surface area contributed by atoms with Crippen molar-refractivity contribution in [3.8, 4) is 0 Å². The zero-order chi connectivity index (χ0) is 17.8. The van der Waals surface area contributed by atoms with E-state index in [-0.39, 0.29) is 25.0 Å². The zero-order valence-electron chi connectivity index (χ0n) is 13.9. The maximum atomic E-state index is 12.2. The number of amides is 2. The van der Waals surface area contributed by atoms with Gasteiger partial charge in [0.25, 0.3) is 5.91 Å². The van der Waals surface area contributed by atoms with Gasteiger partial charge in [-0.3, -0.25) is 14.4 Å². The molecular formula is C18H21ClN2O4. The number of benzene rings is 1. The van der Waals surface area contributed by atoms with E-state index < -0.39 is 17.8 Å². The third-order valence-electron chi connectivity index (χ3n) is 4.71. The quantitative estimate of drug-likeness (QED) is 0.815. The predicted molar refractivity (Wildman–Crippen MR) is 93.1 cm³/mol. The Balaban J connectivity index is 1.46. The number of ether oxygens (including phenoxy) is 1. The van der Waals surface area contributed by atoms with E-state index in [1.807, 2.05) is 4.90 Å². The van der Waals surface area contributed by atoms with Crippen LogP contribution < -0.4 is 5.32 Å². The Bertz CT molecular complexity index is 673. The number of hydrogen-bond acceptors (Lipinski definition) is 4. The van der Waals surface area contributed by atoms with Gasteiger partial charge in [-0.25, -0.2) is 0 Å². The number of esters is 1. The van der Waals surface area contributed by atoms with E-state index in [2.05, 4.69) is 5.32 Å². The molecular weight excluding hydrogens is 344 g/mol. The van der Waals surface area contributed by atoms with Crippen molar-refractivity contribution in [2.45, 2.75) is 38.1 Å². The molecule has 134 valence electrons. The number of nitrogens with one attached hydrogen (secondary N) is 1. The van der Waals surface area contributed by atoms with Gasteiger partial charge in [0.05, 0.1) is 5.92 Å². The zero-order valence-corrected chi connectivity index (χ0v) is 14.6. The Labute approximate surface area is 151 Å². The molecule has 1 aromatic carbocycles. The summed E-state index contributed by atoms with van der Waals surface area (Å²) in [7, 11) is 0. The van der Waals surface area contributed by atoms with E-state index in [4.69, 9.17) is 16.3 Å². The van der Waals surface area contributed by atoms with Crippen LogP contribution in [-0.4, -0.2) is 41.9 Å². The number of carbonyl (C=O) groups excluding carboxylic acids is 3. The summed E-state index contributed by atoms with van der Waals surface area (Å²) in [6, 6.07) is 6.98. The van der Waals surface area contributed by atoms with Gasteiger partial charge in [0, 0.05) is 29.7 Å². The Hall–Kier alpha value is -2.08. The van der Waals surface area contributed by atoms with Gasteiger partial charge in [-0.05, 0) is 31.0 Å². The average molecular weight is 365 g/mol. The van der Waals surface area contributed by atoms with Gasteiger partial charge < -0.3 is 15.0 Å². The van der Waals surface area contributed by atoms with E-state index in [0.29, 0.717) is 17.3 Å². The molecule has 2 amide bonds. The van der Waals surface area contributed by atoms with Gasteiger partial charge in [-0.2, -0.15) is 0 Å². The van der Waals surface area contributed by atoms with Gasteiger partial charge in [0.15, 0.2) is 6.61 Å². The molecule has 25 heavy (non-hydrogen) atoms. The second kappa shape index (κ2) is 7.87. The lowest BCUT2D eigenvalue weighted by Gasteiger charge is -2.23. The number of anilines is 1. The third-order valence-corrected chi connectivity index (χ3v) is 4.95. The molecule has 1 aliphatic carbocycles. The first-order chi connectivity index (χ1) is 12.0. The summed E-state index contributed by atoms with van der Waals surface area (Å²) in [5, 5.41) is 3.12. The Morgan fingerprint density at radius 2 is 2.04 bits per heavy atom. The summed E-state index contributed by atoms with van der Waals surface area (Å²) in [4.78, 5) is 38.0. The number of carbonyl (C=O) groups is 3. The number of halogens is 1. The van der Waals surface area contributed by atoms with Gasteiger partial charge >= 0.3 is 5.97 Å². The van der Waals surface area contributed by atoms with E-state index in [1.165, 1.54) is 0 Å². The minimum absolute atomic E-state index is 0.0113. The Kier molecular flexibility index (Phi) is 5.58. The Morgan fingerprint density at radius 1 is 1.28 bits per heavy atom. The van der Waals surface area contributed by atoms with Crippen LogP contribution in [0.5, 0.6) is 0 Å². The summed E-state index contributed by atoms with van der Waals surface area (Å²) >= 11 is 5.85. The number of likely N-dealkylation sites (tertiary alicyclic amines) is 1. The largest absolute Gasteiger partial charge is 0.455 e. The van der Waals surface area contributed by atoms with E-state index in [9.17, 15) is 14.4 Å². The molecule has 0 bridgehead atoms. The van der Waals surface area contributed by atoms with E-state index in [0.717, 1.165) is 25.7 Å².